The summed E-state index contributed by atoms with van der Waals surface area (Å²) in [4.78, 5) is 12.9. The zero-order valence-electron chi connectivity index (χ0n) is 9.37. The normalized spacial score (nSPS) is 16.8. The number of rotatable bonds is 4. The lowest BCUT2D eigenvalue weighted by Gasteiger charge is -2.36. The summed E-state index contributed by atoms with van der Waals surface area (Å²) in [5.74, 6) is -0.0126. The fraction of sp³-hybridized carbons (Fsp3) is 0.545. The van der Waals surface area contributed by atoms with Crippen molar-refractivity contribution in [3.63, 3.8) is 0 Å². The standard InChI is InChI=1S/C11H15ClN2OS.ClH/c12-9-3-2-8(16-9)4-7-14-10(15)11(13)5-1-6-11;/h2-3H,1,4-7,13H2,(H,14,15);1H. The van der Waals surface area contributed by atoms with Crippen molar-refractivity contribution < 1.29 is 4.79 Å². The van der Waals surface area contributed by atoms with Gasteiger partial charge in [-0.1, -0.05) is 11.6 Å². The summed E-state index contributed by atoms with van der Waals surface area (Å²) in [5.41, 5.74) is 5.31. The van der Waals surface area contributed by atoms with Crippen LogP contribution in [0.15, 0.2) is 12.1 Å². The van der Waals surface area contributed by atoms with E-state index in [-0.39, 0.29) is 18.3 Å². The topological polar surface area (TPSA) is 55.1 Å². The van der Waals surface area contributed by atoms with E-state index in [1.54, 1.807) is 11.3 Å². The fourth-order valence-corrected chi connectivity index (χ4v) is 2.83. The number of nitrogens with two attached hydrogens (primary N) is 1. The van der Waals surface area contributed by atoms with Gasteiger partial charge in [0.1, 0.15) is 0 Å². The molecule has 0 spiro atoms. The molecule has 2 rings (SSSR count). The maximum absolute atomic E-state index is 11.7. The summed E-state index contributed by atoms with van der Waals surface area (Å²) in [6, 6.07) is 3.86. The van der Waals surface area contributed by atoms with E-state index in [1.165, 1.54) is 4.88 Å². The molecule has 0 bridgehead atoms. The SMILES string of the molecule is Cl.NC1(C(=O)NCCc2ccc(Cl)s2)CCC1. The predicted octanol–water partition coefficient (Wildman–Crippen LogP) is 2.36. The van der Waals surface area contributed by atoms with E-state index in [2.05, 4.69) is 5.32 Å². The van der Waals surface area contributed by atoms with Crippen LogP contribution in [0.25, 0.3) is 0 Å². The Hall–Kier alpha value is -0.290. The smallest absolute Gasteiger partial charge is 0.240 e. The Labute approximate surface area is 116 Å². The number of nitrogens with one attached hydrogen (secondary N) is 1. The molecule has 1 saturated carbocycles. The Bertz CT molecular complexity index is 391. The van der Waals surface area contributed by atoms with Crippen LogP contribution >= 0.6 is 35.3 Å². The van der Waals surface area contributed by atoms with Gasteiger partial charge in [-0.2, -0.15) is 0 Å². The number of amides is 1. The first kappa shape index (κ1) is 14.8. The summed E-state index contributed by atoms with van der Waals surface area (Å²) in [6.45, 7) is 0.634. The first-order valence-electron chi connectivity index (χ1n) is 5.41. The number of halogens is 2. The molecule has 0 saturated heterocycles. The summed E-state index contributed by atoms with van der Waals surface area (Å²) in [5, 5.41) is 2.88. The molecule has 0 aliphatic heterocycles. The van der Waals surface area contributed by atoms with Crippen LogP contribution in [0.1, 0.15) is 24.1 Å². The fourth-order valence-electron chi connectivity index (χ4n) is 1.75. The van der Waals surface area contributed by atoms with Crippen LogP contribution in [0, 0.1) is 0 Å². The maximum Gasteiger partial charge on any atom is 0.240 e. The minimum absolute atomic E-state index is 0. The van der Waals surface area contributed by atoms with Crippen molar-refractivity contribution in [1.82, 2.24) is 5.32 Å². The molecule has 0 atom stereocenters. The van der Waals surface area contributed by atoms with E-state index in [0.717, 1.165) is 30.0 Å². The third kappa shape index (κ3) is 3.58. The number of carbonyl (C=O) groups is 1. The van der Waals surface area contributed by atoms with Gasteiger partial charge < -0.3 is 11.1 Å². The highest BCUT2D eigenvalue weighted by atomic mass is 35.5. The molecular formula is C11H16Cl2N2OS. The molecule has 0 unspecified atom stereocenters. The minimum atomic E-state index is -0.590. The van der Waals surface area contributed by atoms with E-state index < -0.39 is 5.54 Å². The van der Waals surface area contributed by atoms with E-state index in [1.807, 2.05) is 12.1 Å². The van der Waals surface area contributed by atoms with Crippen LogP contribution < -0.4 is 11.1 Å². The zero-order chi connectivity index (χ0) is 11.6. The molecule has 1 amide bonds. The lowest BCUT2D eigenvalue weighted by molar-refractivity contribution is -0.129. The first-order chi connectivity index (χ1) is 7.60. The highest BCUT2D eigenvalue weighted by Crippen LogP contribution is 2.29. The Morgan fingerprint density at radius 3 is 2.71 bits per heavy atom. The van der Waals surface area contributed by atoms with E-state index in [9.17, 15) is 4.79 Å². The Morgan fingerprint density at radius 2 is 2.24 bits per heavy atom. The van der Waals surface area contributed by atoms with Crippen LogP contribution in [-0.4, -0.2) is 18.0 Å². The van der Waals surface area contributed by atoms with Gasteiger partial charge in [-0.25, -0.2) is 0 Å². The van der Waals surface area contributed by atoms with Crippen molar-refractivity contribution in [2.75, 3.05) is 6.54 Å². The van der Waals surface area contributed by atoms with Crippen molar-refractivity contribution in [3.05, 3.63) is 21.3 Å². The molecule has 1 fully saturated rings. The second-order valence-electron chi connectivity index (χ2n) is 4.22. The Balaban J connectivity index is 0.00000144. The van der Waals surface area contributed by atoms with Crippen LogP contribution in [0.4, 0.5) is 0 Å². The quantitative estimate of drug-likeness (QED) is 0.896. The molecule has 6 heteroatoms. The van der Waals surface area contributed by atoms with Gasteiger partial charge in [-0.05, 0) is 37.8 Å². The van der Waals surface area contributed by atoms with Crippen molar-refractivity contribution in [2.24, 2.45) is 5.73 Å². The van der Waals surface area contributed by atoms with Crippen LogP contribution in [0.2, 0.25) is 4.34 Å². The molecule has 0 aromatic carbocycles. The monoisotopic (exact) mass is 294 g/mol. The Morgan fingerprint density at radius 1 is 1.53 bits per heavy atom. The summed E-state index contributed by atoms with van der Waals surface area (Å²) in [7, 11) is 0. The number of thiophene rings is 1. The molecule has 1 aromatic rings. The van der Waals surface area contributed by atoms with Gasteiger partial charge in [0, 0.05) is 11.4 Å². The third-order valence-electron chi connectivity index (χ3n) is 2.98. The average molecular weight is 295 g/mol. The molecule has 1 aliphatic rings. The van der Waals surface area contributed by atoms with E-state index in [0.29, 0.717) is 6.54 Å². The van der Waals surface area contributed by atoms with Gasteiger partial charge in [0.25, 0.3) is 0 Å². The molecule has 96 valence electrons. The second-order valence-corrected chi connectivity index (χ2v) is 6.02. The van der Waals surface area contributed by atoms with Crippen molar-refractivity contribution in [1.29, 1.82) is 0 Å². The largest absolute Gasteiger partial charge is 0.354 e. The van der Waals surface area contributed by atoms with Gasteiger partial charge >= 0.3 is 0 Å². The van der Waals surface area contributed by atoms with Crippen LogP contribution in [0.3, 0.4) is 0 Å². The number of hydrogen-bond acceptors (Lipinski definition) is 3. The van der Waals surface area contributed by atoms with Gasteiger partial charge in [-0.15, -0.1) is 23.7 Å². The molecule has 1 aromatic heterocycles. The summed E-state index contributed by atoms with van der Waals surface area (Å²) >= 11 is 7.37. The van der Waals surface area contributed by atoms with Crippen molar-refractivity contribution >= 4 is 41.3 Å². The van der Waals surface area contributed by atoms with E-state index >= 15 is 0 Å². The van der Waals surface area contributed by atoms with Gasteiger partial charge in [0.2, 0.25) is 5.91 Å². The average Bonchev–Trinajstić information content (AvgIpc) is 2.60. The van der Waals surface area contributed by atoms with Crippen LogP contribution in [0.5, 0.6) is 0 Å². The molecule has 1 heterocycles. The molecular weight excluding hydrogens is 279 g/mol. The third-order valence-corrected chi connectivity index (χ3v) is 4.27. The highest BCUT2D eigenvalue weighted by molar-refractivity contribution is 7.16. The van der Waals surface area contributed by atoms with E-state index in [4.69, 9.17) is 17.3 Å². The number of hydrogen-bond donors (Lipinski definition) is 2. The van der Waals surface area contributed by atoms with Crippen molar-refractivity contribution in [2.45, 2.75) is 31.2 Å². The summed E-state index contributed by atoms with van der Waals surface area (Å²) < 4.78 is 0.788. The highest BCUT2D eigenvalue weighted by Gasteiger charge is 2.39. The molecule has 0 radical (unpaired) electrons. The predicted molar refractivity (Wildman–Crippen MR) is 74.1 cm³/mol. The van der Waals surface area contributed by atoms with Gasteiger partial charge in [0.05, 0.1) is 9.88 Å². The molecule has 3 nitrogen and oxygen atoms in total. The lowest BCUT2D eigenvalue weighted by atomic mass is 9.77. The minimum Gasteiger partial charge on any atom is -0.354 e. The van der Waals surface area contributed by atoms with Gasteiger partial charge in [-0.3, -0.25) is 4.79 Å². The Kier molecular flexibility index (Phi) is 5.25. The lowest BCUT2D eigenvalue weighted by Crippen LogP contribution is -2.58. The zero-order valence-corrected chi connectivity index (χ0v) is 11.8. The van der Waals surface area contributed by atoms with Crippen LogP contribution in [-0.2, 0) is 11.2 Å². The van der Waals surface area contributed by atoms with Crippen molar-refractivity contribution in [3.8, 4) is 0 Å². The molecule has 17 heavy (non-hydrogen) atoms. The first-order valence-corrected chi connectivity index (χ1v) is 6.61. The second kappa shape index (κ2) is 6.05. The summed E-state index contributed by atoms with van der Waals surface area (Å²) in [6.07, 6.45) is 3.50. The maximum atomic E-state index is 11.7. The van der Waals surface area contributed by atoms with Gasteiger partial charge in [0.15, 0.2) is 0 Å². The number of carbonyl (C=O) groups excluding carboxylic acids is 1. The molecule has 1 aliphatic carbocycles. The molecule has 3 N–H and O–H groups in total.